The normalized spacial score (nSPS) is 10.8. The number of carbonyl (C=O) groups is 2. The average Bonchev–Trinajstić information content (AvgIpc) is 2.87. The maximum atomic E-state index is 13.0. The molecule has 0 spiro atoms. The van der Waals surface area contributed by atoms with E-state index in [1.54, 1.807) is 35.0 Å². The molecule has 1 aromatic carbocycles. The van der Waals surface area contributed by atoms with Crippen LogP contribution in [-0.4, -0.2) is 33.4 Å². The van der Waals surface area contributed by atoms with Crippen molar-refractivity contribution in [3.05, 3.63) is 82.1 Å². The predicted molar refractivity (Wildman–Crippen MR) is 136 cm³/mol. The lowest BCUT2D eigenvalue weighted by atomic mass is 10.0. The Bertz CT molecular complexity index is 1450. The molecule has 9 nitrogen and oxygen atoms in total. The first-order chi connectivity index (χ1) is 16.9. The van der Waals surface area contributed by atoms with Crippen LogP contribution in [0.5, 0.6) is 0 Å². The Morgan fingerprint density at radius 3 is 2.43 bits per heavy atom. The highest BCUT2D eigenvalue weighted by molar-refractivity contribution is 5.91. The first-order valence-electron chi connectivity index (χ1n) is 11.2. The summed E-state index contributed by atoms with van der Waals surface area (Å²) in [5.41, 5.74) is 9.06. The van der Waals surface area contributed by atoms with Crippen molar-refractivity contribution in [3.8, 4) is 11.3 Å². The van der Waals surface area contributed by atoms with Gasteiger partial charge in [0, 0.05) is 30.9 Å². The number of amides is 2. The van der Waals surface area contributed by atoms with Crippen LogP contribution >= 0.6 is 0 Å². The number of aryl methyl sites for hydroxylation is 1. The van der Waals surface area contributed by atoms with Crippen LogP contribution in [-0.2, 0) is 29.0 Å². The highest BCUT2D eigenvalue weighted by atomic mass is 16.2. The Morgan fingerprint density at radius 1 is 1.00 bits per heavy atom. The number of rotatable bonds is 7. The summed E-state index contributed by atoms with van der Waals surface area (Å²) >= 11 is 0. The topological polar surface area (TPSA) is 132 Å². The minimum absolute atomic E-state index is 0.0891. The van der Waals surface area contributed by atoms with Crippen LogP contribution in [0.3, 0.4) is 0 Å². The fourth-order valence-electron chi connectivity index (χ4n) is 3.89. The summed E-state index contributed by atoms with van der Waals surface area (Å²) in [7, 11) is 1.52. The lowest BCUT2D eigenvalue weighted by molar-refractivity contribution is -0.120. The maximum absolute atomic E-state index is 13.0. The van der Waals surface area contributed by atoms with Gasteiger partial charge in [0.05, 0.1) is 23.9 Å². The van der Waals surface area contributed by atoms with Crippen LogP contribution in [0.15, 0.2) is 65.6 Å². The van der Waals surface area contributed by atoms with Crippen molar-refractivity contribution >= 4 is 34.5 Å². The first-order valence-corrected chi connectivity index (χ1v) is 11.2. The number of aromatic nitrogens is 3. The average molecular weight is 471 g/mol. The zero-order valence-electron chi connectivity index (χ0n) is 19.5. The van der Waals surface area contributed by atoms with E-state index < -0.39 is 0 Å². The monoisotopic (exact) mass is 470 g/mol. The van der Waals surface area contributed by atoms with Gasteiger partial charge in [-0.3, -0.25) is 14.4 Å². The number of likely N-dealkylation sites (N-methyl/N-ethyl adjacent to an activating group) is 1. The largest absolute Gasteiger partial charge is 0.385 e. The number of benzene rings is 1. The standard InChI is InChI=1S/C26H26N6O3/c1-3-32-25(27)19(15-22(33)28-2)24(35)18-11-12-20(30-26(18)32)17-9-7-16(8-10-17)14-23(34)31-21-6-4-5-13-29-21/h4-13H,3,14-15,27H2,1-2H3,(H,28,33)(H,29,31,34). The Kier molecular flexibility index (Phi) is 6.86. The molecule has 4 N–H and O–H groups in total. The molecule has 0 atom stereocenters. The molecule has 178 valence electrons. The molecule has 4 rings (SSSR count). The number of hydrogen-bond donors (Lipinski definition) is 3. The van der Waals surface area contributed by atoms with E-state index in [0.29, 0.717) is 29.1 Å². The molecule has 3 heterocycles. The van der Waals surface area contributed by atoms with Gasteiger partial charge in [-0.1, -0.05) is 30.3 Å². The minimum atomic E-state index is -0.292. The fraction of sp³-hybridized carbons (Fsp3) is 0.192. The van der Waals surface area contributed by atoms with E-state index in [1.807, 2.05) is 37.3 Å². The molecule has 3 aromatic heterocycles. The van der Waals surface area contributed by atoms with Gasteiger partial charge in [-0.15, -0.1) is 0 Å². The summed E-state index contributed by atoms with van der Waals surface area (Å²) in [5.74, 6) is 0.311. The molecule has 0 saturated heterocycles. The lowest BCUT2D eigenvalue weighted by Crippen LogP contribution is -2.27. The Labute approximate surface area is 202 Å². The van der Waals surface area contributed by atoms with Crippen molar-refractivity contribution in [2.75, 3.05) is 18.1 Å². The second kappa shape index (κ2) is 10.2. The number of anilines is 2. The molecule has 0 bridgehead atoms. The lowest BCUT2D eigenvalue weighted by Gasteiger charge is -2.16. The summed E-state index contributed by atoms with van der Waals surface area (Å²) in [5, 5.41) is 5.70. The SMILES string of the molecule is CCn1c(N)c(CC(=O)NC)c(=O)c2ccc(-c3ccc(CC(=O)Nc4ccccn4)cc3)nc21. The molecule has 2 amide bonds. The van der Waals surface area contributed by atoms with Crippen molar-refractivity contribution in [2.24, 2.45) is 0 Å². The zero-order valence-corrected chi connectivity index (χ0v) is 19.5. The Morgan fingerprint density at radius 2 is 1.77 bits per heavy atom. The Balaban J connectivity index is 1.61. The van der Waals surface area contributed by atoms with Gasteiger partial charge in [-0.05, 0) is 36.8 Å². The predicted octanol–water partition coefficient (Wildman–Crippen LogP) is 2.53. The minimum Gasteiger partial charge on any atom is -0.385 e. The highest BCUT2D eigenvalue weighted by Crippen LogP contribution is 2.23. The van der Waals surface area contributed by atoms with E-state index in [1.165, 1.54) is 7.05 Å². The smallest absolute Gasteiger partial charge is 0.229 e. The number of nitrogens with two attached hydrogens (primary N) is 1. The van der Waals surface area contributed by atoms with E-state index in [4.69, 9.17) is 10.7 Å². The van der Waals surface area contributed by atoms with E-state index >= 15 is 0 Å². The van der Waals surface area contributed by atoms with Crippen molar-refractivity contribution in [1.29, 1.82) is 0 Å². The molecule has 35 heavy (non-hydrogen) atoms. The van der Waals surface area contributed by atoms with Crippen LogP contribution in [0.4, 0.5) is 11.6 Å². The van der Waals surface area contributed by atoms with Gasteiger partial charge < -0.3 is 20.9 Å². The molecular formula is C26H26N6O3. The second-order valence-corrected chi connectivity index (χ2v) is 7.99. The number of carbonyl (C=O) groups excluding carboxylic acids is 2. The molecule has 0 fully saturated rings. The van der Waals surface area contributed by atoms with Crippen LogP contribution in [0, 0.1) is 0 Å². The fourth-order valence-corrected chi connectivity index (χ4v) is 3.89. The third-order valence-electron chi connectivity index (χ3n) is 5.73. The molecule has 0 aliphatic heterocycles. The number of pyridine rings is 3. The van der Waals surface area contributed by atoms with Gasteiger partial charge in [0.25, 0.3) is 0 Å². The van der Waals surface area contributed by atoms with Crippen LogP contribution in [0.1, 0.15) is 18.1 Å². The molecule has 0 unspecified atom stereocenters. The molecule has 0 radical (unpaired) electrons. The number of hydrogen-bond acceptors (Lipinski definition) is 6. The van der Waals surface area contributed by atoms with Gasteiger partial charge in [-0.2, -0.15) is 0 Å². The van der Waals surface area contributed by atoms with Crippen molar-refractivity contribution in [2.45, 2.75) is 26.3 Å². The number of fused-ring (bicyclic) bond motifs is 1. The summed E-state index contributed by atoms with van der Waals surface area (Å²) in [6.07, 6.45) is 1.74. The summed E-state index contributed by atoms with van der Waals surface area (Å²) < 4.78 is 1.74. The first kappa shape index (κ1) is 23.6. The molecule has 0 aliphatic rings. The van der Waals surface area contributed by atoms with Gasteiger partial charge in [0.1, 0.15) is 17.3 Å². The third-order valence-corrected chi connectivity index (χ3v) is 5.73. The number of nitrogens with zero attached hydrogens (tertiary/aromatic N) is 3. The van der Waals surface area contributed by atoms with Crippen LogP contribution in [0.25, 0.3) is 22.3 Å². The van der Waals surface area contributed by atoms with E-state index in [9.17, 15) is 14.4 Å². The van der Waals surface area contributed by atoms with Gasteiger partial charge in [0.15, 0.2) is 5.43 Å². The van der Waals surface area contributed by atoms with Crippen LogP contribution in [0.2, 0.25) is 0 Å². The quantitative estimate of drug-likeness (QED) is 0.380. The molecule has 9 heteroatoms. The van der Waals surface area contributed by atoms with Crippen molar-refractivity contribution < 1.29 is 9.59 Å². The maximum Gasteiger partial charge on any atom is 0.229 e. The van der Waals surface area contributed by atoms with Crippen LogP contribution < -0.4 is 21.8 Å². The van der Waals surface area contributed by atoms with Gasteiger partial charge in [0.2, 0.25) is 11.8 Å². The summed E-state index contributed by atoms with van der Waals surface area (Å²) in [6.45, 7) is 2.40. The van der Waals surface area contributed by atoms with E-state index in [-0.39, 0.29) is 41.5 Å². The second-order valence-electron chi connectivity index (χ2n) is 7.99. The third kappa shape index (κ3) is 5.03. The molecule has 0 aliphatic carbocycles. The van der Waals surface area contributed by atoms with Gasteiger partial charge >= 0.3 is 0 Å². The molecular weight excluding hydrogens is 444 g/mol. The summed E-state index contributed by atoms with van der Waals surface area (Å²) in [4.78, 5) is 46.0. The molecule has 0 saturated carbocycles. The Hall–Kier alpha value is -4.53. The molecule has 4 aromatic rings. The van der Waals surface area contributed by atoms with Crippen molar-refractivity contribution in [1.82, 2.24) is 19.9 Å². The van der Waals surface area contributed by atoms with E-state index in [2.05, 4.69) is 15.6 Å². The van der Waals surface area contributed by atoms with Gasteiger partial charge in [-0.25, -0.2) is 9.97 Å². The summed E-state index contributed by atoms with van der Waals surface area (Å²) in [6, 6.07) is 16.3. The number of nitrogens with one attached hydrogen (secondary N) is 2. The van der Waals surface area contributed by atoms with Crippen molar-refractivity contribution in [3.63, 3.8) is 0 Å². The zero-order chi connectivity index (χ0) is 24.9. The number of nitrogen functional groups attached to an aromatic ring is 1. The van der Waals surface area contributed by atoms with E-state index in [0.717, 1.165) is 11.1 Å². The highest BCUT2D eigenvalue weighted by Gasteiger charge is 2.18.